The van der Waals surface area contributed by atoms with Crippen LogP contribution in [0.4, 0.5) is 0 Å². The molecule has 2 rings (SSSR count). The Morgan fingerprint density at radius 3 is 2.63 bits per heavy atom. The van der Waals surface area contributed by atoms with E-state index >= 15 is 0 Å². The van der Waals surface area contributed by atoms with Gasteiger partial charge in [0.25, 0.3) is 0 Å². The summed E-state index contributed by atoms with van der Waals surface area (Å²) in [6.07, 6.45) is 0.542. The van der Waals surface area contributed by atoms with Gasteiger partial charge in [-0.15, -0.1) is 5.10 Å². The Morgan fingerprint density at radius 2 is 2.00 bits per heavy atom. The van der Waals surface area contributed by atoms with Gasteiger partial charge in [-0.05, 0) is 36.2 Å². The first-order chi connectivity index (χ1) is 9.10. The number of halogens is 2. The third-order valence-corrected chi connectivity index (χ3v) is 3.30. The van der Waals surface area contributed by atoms with Crippen molar-refractivity contribution < 1.29 is 4.74 Å². The maximum atomic E-state index is 6.11. The molecule has 0 bridgehead atoms. The molecule has 4 nitrogen and oxygen atoms in total. The van der Waals surface area contributed by atoms with Gasteiger partial charge in [0.05, 0.1) is 18.8 Å². The minimum absolute atomic E-state index is 0.297. The standard InChI is InChI=1S/C13H13Cl2N3O/c1-19-13-5-4-12(17-18-13)11(16)7-8-6-9(14)2-3-10(8)15/h2-6,11H,7,16H2,1H3. The fourth-order valence-corrected chi connectivity index (χ4v) is 2.07. The van der Waals surface area contributed by atoms with Crippen LogP contribution in [0.5, 0.6) is 5.88 Å². The maximum absolute atomic E-state index is 6.11. The lowest BCUT2D eigenvalue weighted by Crippen LogP contribution is -2.15. The highest BCUT2D eigenvalue weighted by atomic mass is 35.5. The molecule has 1 atom stereocenters. The van der Waals surface area contributed by atoms with E-state index in [4.69, 9.17) is 33.7 Å². The fourth-order valence-electron chi connectivity index (χ4n) is 1.68. The Hall–Kier alpha value is -1.36. The van der Waals surface area contributed by atoms with Gasteiger partial charge in [-0.3, -0.25) is 0 Å². The average Bonchev–Trinajstić information content (AvgIpc) is 2.43. The lowest BCUT2D eigenvalue weighted by molar-refractivity contribution is 0.390. The van der Waals surface area contributed by atoms with E-state index in [1.807, 2.05) is 0 Å². The summed E-state index contributed by atoms with van der Waals surface area (Å²) < 4.78 is 4.95. The molecule has 0 spiro atoms. The third-order valence-electron chi connectivity index (χ3n) is 2.70. The topological polar surface area (TPSA) is 61.0 Å². The molecule has 0 aliphatic heterocycles. The van der Waals surface area contributed by atoms with Gasteiger partial charge in [0.15, 0.2) is 0 Å². The van der Waals surface area contributed by atoms with Crippen LogP contribution in [-0.4, -0.2) is 17.3 Å². The predicted molar refractivity (Wildman–Crippen MR) is 75.7 cm³/mol. The van der Waals surface area contributed by atoms with Gasteiger partial charge in [-0.2, -0.15) is 5.10 Å². The molecule has 6 heteroatoms. The molecule has 2 N–H and O–H groups in total. The van der Waals surface area contributed by atoms with Crippen molar-refractivity contribution in [3.05, 3.63) is 51.6 Å². The van der Waals surface area contributed by atoms with E-state index in [0.717, 1.165) is 5.56 Å². The molecular formula is C13H13Cl2N3O. The molecule has 1 heterocycles. The van der Waals surface area contributed by atoms with Crippen molar-refractivity contribution in [3.63, 3.8) is 0 Å². The second kappa shape index (κ2) is 6.19. The molecule has 0 saturated carbocycles. The lowest BCUT2D eigenvalue weighted by Gasteiger charge is -2.12. The minimum Gasteiger partial charge on any atom is -0.480 e. The zero-order chi connectivity index (χ0) is 13.8. The number of rotatable bonds is 4. The Balaban J connectivity index is 2.15. The number of methoxy groups -OCH3 is 1. The van der Waals surface area contributed by atoms with Crippen LogP contribution < -0.4 is 10.5 Å². The smallest absolute Gasteiger partial charge is 0.233 e. The number of hydrogen-bond acceptors (Lipinski definition) is 4. The summed E-state index contributed by atoms with van der Waals surface area (Å²) in [5.74, 6) is 0.455. The largest absolute Gasteiger partial charge is 0.480 e. The van der Waals surface area contributed by atoms with Crippen LogP contribution in [0, 0.1) is 0 Å². The second-order valence-corrected chi connectivity index (χ2v) is 4.89. The molecule has 0 aliphatic carbocycles. The molecule has 0 fully saturated rings. The number of hydrogen-bond donors (Lipinski definition) is 1. The van der Waals surface area contributed by atoms with Crippen LogP contribution in [-0.2, 0) is 6.42 Å². The monoisotopic (exact) mass is 297 g/mol. The highest BCUT2D eigenvalue weighted by molar-refractivity contribution is 6.33. The van der Waals surface area contributed by atoms with E-state index in [1.165, 1.54) is 7.11 Å². The number of nitrogens with zero attached hydrogens (tertiary/aromatic N) is 2. The van der Waals surface area contributed by atoms with Crippen molar-refractivity contribution in [2.45, 2.75) is 12.5 Å². The maximum Gasteiger partial charge on any atom is 0.233 e. The molecule has 1 unspecified atom stereocenters. The highest BCUT2D eigenvalue weighted by Crippen LogP contribution is 2.24. The summed E-state index contributed by atoms with van der Waals surface area (Å²) >= 11 is 12.0. The molecule has 0 saturated heterocycles. The summed E-state index contributed by atoms with van der Waals surface area (Å²) in [5.41, 5.74) is 7.66. The van der Waals surface area contributed by atoms with E-state index in [9.17, 15) is 0 Å². The van der Waals surface area contributed by atoms with Gasteiger partial charge < -0.3 is 10.5 Å². The van der Waals surface area contributed by atoms with Crippen LogP contribution in [0.3, 0.4) is 0 Å². The van der Waals surface area contributed by atoms with Gasteiger partial charge >= 0.3 is 0 Å². The summed E-state index contributed by atoms with van der Waals surface area (Å²) in [6.45, 7) is 0. The third kappa shape index (κ3) is 3.56. The fraction of sp³-hybridized carbons (Fsp3) is 0.231. The Bertz CT molecular complexity index is 560. The van der Waals surface area contributed by atoms with E-state index < -0.39 is 0 Å². The first-order valence-electron chi connectivity index (χ1n) is 5.67. The van der Waals surface area contributed by atoms with Crippen molar-refractivity contribution in [1.29, 1.82) is 0 Å². The van der Waals surface area contributed by atoms with Crippen molar-refractivity contribution in [3.8, 4) is 5.88 Å². The number of nitrogens with two attached hydrogens (primary N) is 1. The van der Waals surface area contributed by atoms with Crippen LogP contribution in [0.2, 0.25) is 10.0 Å². The molecule has 19 heavy (non-hydrogen) atoms. The number of benzene rings is 1. The Morgan fingerprint density at radius 1 is 1.21 bits per heavy atom. The molecule has 0 radical (unpaired) electrons. The first-order valence-corrected chi connectivity index (χ1v) is 6.43. The van der Waals surface area contributed by atoms with E-state index in [1.54, 1.807) is 30.3 Å². The van der Waals surface area contributed by atoms with E-state index in [2.05, 4.69) is 10.2 Å². The van der Waals surface area contributed by atoms with E-state index in [0.29, 0.717) is 28.0 Å². The summed E-state index contributed by atoms with van der Waals surface area (Å²) in [4.78, 5) is 0. The van der Waals surface area contributed by atoms with Crippen molar-refractivity contribution in [2.24, 2.45) is 5.73 Å². The Kier molecular flexibility index (Phi) is 4.58. The SMILES string of the molecule is COc1ccc(C(N)Cc2cc(Cl)ccc2Cl)nn1. The molecule has 0 amide bonds. The van der Waals surface area contributed by atoms with Crippen LogP contribution in [0.1, 0.15) is 17.3 Å². The quantitative estimate of drug-likeness (QED) is 0.942. The summed E-state index contributed by atoms with van der Waals surface area (Å²) in [6, 6.07) is 8.52. The van der Waals surface area contributed by atoms with Gasteiger partial charge in [0.1, 0.15) is 0 Å². The highest BCUT2D eigenvalue weighted by Gasteiger charge is 2.12. The van der Waals surface area contributed by atoms with Gasteiger partial charge in [0, 0.05) is 16.1 Å². The van der Waals surface area contributed by atoms with E-state index in [-0.39, 0.29) is 6.04 Å². The number of ether oxygens (including phenoxy) is 1. The van der Waals surface area contributed by atoms with Gasteiger partial charge in [-0.25, -0.2) is 0 Å². The zero-order valence-corrected chi connectivity index (χ0v) is 11.8. The molecular weight excluding hydrogens is 285 g/mol. The predicted octanol–water partition coefficient (Wildman–Crippen LogP) is 3.03. The zero-order valence-electron chi connectivity index (χ0n) is 10.3. The van der Waals surface area contributed by atoms with Crippen molar-refractivity contribution >= 4 is 23.2 Å². The van der Waals surface area contributed by atoms with Crippen LogP contribution >= 0.6 is 23.2 Å². The molecule has 2 aromatic rings. The normalized spacial score (nSPS) is 12.2. The van der Waals surface area contributed by atoms with Crippen molar-refractivity contribution in [2.75, 3.05) is 7.11 Å². The van der Waals surface area contributed by atoms with Gasteiger partial charge in [-0.1, -0.05) is 23.2 Å². The molecule has 0 aliphatic rings. The minimum atomic E-state index is -0.297. The van der Waals surface area contributed by atoms with Crippen LogP contribution in [0.15, 0.2) is 30.3 Å². The molecule has 1 aromatic carbocycles. The van der Waals surface area contributed by atoms with Gasteiger partial charge in [0.2, 0.25) is 5.88 Å². The summed E-state index contributed by atoms with van der Waals surface area (Å²) in [7, 11) is 1.54. The molecule has 100 valence electrons. The molecule has 1 aromatic heterocycles. The lowest BCUT2D eigenvalue weighted by atomic mass is 10.0. The number of aromatic nitrogens is 2. The van der Waals surface area contributed by atoms with Crippen molar-refractivity contribution in [1.82, 2.24) is 10.2 Å². The average molecular weight is 298 g/mol. The van der Waals surface area contributed by atoms with Crippen LogP contribution in [0.25, 0.3) is 0 Å². The Labute approximate surface area is 121 Å². The summed E-state index contributed by atoms with van der Waals surface area (Å²) in [5, 5.41) is 9.18. The first kappa shape index (κ1) is 14.1. The second-order valence-electron chi connectivity index (χ2n) is 4.05.